The molecule has 1 N–H and O–H groups in total. The predicted molar refractivity (Wildman–Crippen MR) is 94.4 cm³/mol. The first-order valence-electron chi connectivity index (χ1n) is 8.84. The van der Waals surface area contributed by atoms with Gasteiger partial charge in [-0.2, -0.15) is 0 Å². The maximum absolute atomic E-state index is 12.3. The van der Waals surface area contributed by atoms with Crippen LogP contribution in [-0.2, 0) is 20.7 Å². The van der Waals surface area contributed by atoms with Gasteiger partial charge in [-0.05, 0) is 37.0 Å². The molecular formula is C19H28N2O3. The molecule has 2 saturated heterocycles. The molecule has 5 nitrogen and oxygen atoms in total. The van der Waals surface area contributed by atoms with Crippen molar-refractivity contribution in [2.45, 2.75) is 43.7 Å². The molecular weight excluding hydrogens is 304 g/mol. The maximum atomic E-state index is 12.3. The van der Waals surface area contributed by atoms with E-state index in [1.54, 1.807) is 0 Å². The lowest BCUT2D eigenvalue weighted by molar-refractivity contribution is -0.125. The average Bonchev–Trinajstić information content (AvgIpc) is 3.01. The first-order valence-corrected chi connectivity index (χ1v) is 8.84. The molecule has 0 radical (unpaired) electrons. The minimum atomic E-state index is -0.157. The molecule has 0 bridgehead atoms. The van der Waals surface area contributed by atoms with Crippen molar-refractivity contribution in [3.8, 4) is 0 Å². The number of nitrogens with zero attached hydrogens (tertiary/aromatic N) is 1. The largest absolute Gasteiger partial charge is 0.378 e. The van der Waals surface area contributed by atoms with E-state index in [0.717, 1.165) is 32.3 Å². The fourth-order valence-corrected chi connectivity index (χ4v) is 3.56. The molecule has 2 heterocycles. The lowest BCUT2D eigenvalue weighted by Gasteiger charge is -2.37. The highest BCUT2D eigenvalue weighted by molar-refractivity contribution is 5.76. The molecule has 132 valence electrons. The van der Waals surface area contributed by atoms with Crippen molar-refractivity contribution in [2.75, 3.05) is 38.8 Å². The van der Waals surface area contributed by atoms with Crippen LogP contribution in [0.5, 0.6) is 0 Å². The maximum Gasteiger partial charge on any atom is 0.220 e. The Balaban J connectivity index is 1.48. The molecule has 0 aliphatic carbocycles. The molecule has 3 rings (SSSR count). The average molecular weight is 332 g/mol. The Kier molecular flexibility index (Phi) is 5.41. The third-order valence-corrected chi connectivity index (χ3v) is 4.99. The summed E-state index contributed by atoms with van der Waals surface area (Å²) in [6, 6.07) is 8.56. The summed E-state index contributed by atoms with van der Waals surface area (Å²) in [5.74, 6) is 0.131. The monoisotopic (exact) mass is 332 g/mol. The van der Waals surface area contributed by atoms with Crippen LogP contribution in [0.1, 0.15) is 31.2 Å². The summed E-state index contributed by atoms with van der Waals surface area (Å²) in [7, 11) is 4.05. The van der Waals surface area contributed by atoms with Gasteiger partial charge < -0.3 is 19.7 Å². The molecule has 24 heavy (non-hydrogen) atoms. The fraction of sp³-hybridized carbons (Fsp3) is 0.632. The molecule has 5 heteroatoms. The highest BCUT2D eigenvalue weighted by Crippen LogP contribution is 2.32. The summed E-state index contributed by atoms with van der Waals surface area (Å²) in [6.07, 6.45) is 4.00. The number of nitrogens with one attached hydrogen (secondary N) is 1. The number of hydrogen-bond donors (Lipinski definition) is 1. The number of hydrogen-bond acceptors (Lipinski definition) is 4. The smallest absolute Gasteiger partial charge is 0.220 e. The normalized spacial score (nSPS) is 26.5. The van der Waals surface area contributed by atoms with Crippen molar-refractivity contribution < 1.29 is 14.3 Å². The number of benzene rings is 1. The number of amides is 1. The number of anilines is 1. The van der Waals surface area contributed by atoms with E-state index in [2.05, 4.69) is 28.4 Å². The van der Waals surface area contributed by atoms with Crippen LogP contribution in [0, 0.1) is 0 Å². The highest BCUT2D eigenvalue weighted by Gasteiger charge is 2.41. The number of rotatable bonds is 5. The van der Waals surface area contributed by atoms with Crippen molar-refractivity contribution in [1.29, 1.82) is 0 Å². The van der Waals surface area contributed by atoms with E-state index in [9.17, 15) is 4.79 Å². The zero-order valence-corrected chi connectivity index (χ0v) is 14.7. The first-order chi connectivity index (χ1) is 11.6. The van der Waals surface area contributed by atoms with Gasteiger partial charge >= 0.3 is 0 Å². The van der Waals surface area contributed by atoms with Crippen molar-refractivity contribution in [1.82, 2.24) is 5.32 Å². The Hall–Kier alpha value is -1.59. The lowest BCUT2D eigenvalue weighted by atomic mass is 9.89. The topological polar surface area (TPSA) is 50.8 Å². The molecule has 2 fully saturated rings. The summed E-state index contributed by atoms with van der Waals surface area (Å²) in [5, 5.41) is 3.19. The molecule has 2 aliphatic rings. The van der Waals surface area contributed by atoms with Crippen LogP contribution in [0.25, 0.3) is 0 Å². The van der Waals surface area contributed by atoms with Crippen molar-refractivity contribution in [3.63, 3.8) is 0 Å². The number of carbonyl (C=O) groups is 1. The summed E-state index contributed by atoms with van der Waals surface area (Å²) >= 11 is 0. The summed E-state index contributed by atoms with van der Waals surface area (Å²) in [6.45, 7) is 2.14. The molecule has 0 saturated carbocycles. The number of carbonyl (C=O) groups excluding carboxylic acids is 1. The molecule has 2 atom stereocenters. The second-order valence-corrected chi connectivity index (χ2v) is 7.16. The zero-order chi connectivity index (χ0) is 17.0. The predicted octanol–water partition coefficient (Wildman–Crippen LogP) is 2.14. The molecule has 1 aromatic rings. The van der Waals surface area contributed by atoms with Crippen molar-refractivity contribution in [3.05, 3.63) is 29.8 Å². The summed E-state index contributed by atoms with van der Waals surface area (Å²) in [4.78, 5) is 14.4. The van der Waals surface area contributed by atoms with Gasteiger partial charge in [-0.1, -0.05) is 12.1 Å². The molecule has 2 aliphatic heterocycles. The molecule has 1 aromatic carbocycles. The van der Waals surface area contributed by atoms with Gasteiger partial charge in [-0.15, -0.1) is 0 Å². The quantitative estimate of drug-likeness (QED) is 0.897. The van der Waals surface area contributed by atoms with Crippen LogP contribution in [-0.4, -0.2) is 51.5 Å². The first kappa shape index (κ1) is 17.2. The third kappa shape index (κ3) is 4.28. The van der Waals surface area contributed by atoms with Gasteiger partial charge in [-0.3, -0.25) is 4.79 Å². The van der Waals surface area contributed by atoms with Gasteiger partial charge in [0.15, 0.2) is 0 Å². The SMILES string of the molecule is CN(C)c1cccc(CCC(=O)NC2CCOC3(CCOC3)C2)c1. The van der Waals surface area contributed by atoms with E-state index >= 15 is 0 Å². The van der Waals surface area contributed by atoms with Crippen LogP contribution >= 0.6 is 0 Å². The number of aryl methyl sites for hydroxylation is 1. The van der Waals surface area contributed by atoms with Gasteiger partial charge in [0.05, 0.1) is 12.2 Å². The van der Waals surface area contributed by atoms with E-state index in [1.807, 2.05) is 20.2 Å². The second-order valence-electron chi connectivity index (χ2n) is 7.16. The Labute approximate surface area is 144 Å². The molecule has 1 amide bonds. The van der Waals surface area contributed by atoms with E-state index in [-0.39, 0.29) is 17.6 Å². The van der Waals surface area contributed by atoms with Crippen LogP contribution in [0.15, 0.2) is 24.3 Å². The van der Waals surface area contributed by atoms with Gasteiger partial charge in [0.25, 0.3) is 0 Å². The molecule has 2 unspecified atom stereocenters. The third-order valence-electron chi connectivity index (χ3n) is 4.99. The van der Waals surface area contributed by atoms with E-state index < -0.39 is 0 Å². The van der Waals surface area contributed by atoms with Gasteiger partial charge in [0, 0.05) is 51.9 Å². The van der Waals surface area contributed by atoms with Gasteiger partial charge in [0.2, 0.25) is 5.91 Å². The standard InChI is InChI=1S/C19H28N2O3/c1-21(2)17-5-3-4-15(12-17)6-7-18(22)20-16-8-10-24-19(13-16)9-11-23-14-19/h3-5,12,16H,6-11,13-14H2,1-2H3,(H,20,22). The van der Waals surface area contributed by atoms with Crippen molar-refractivity contribution in [2.24, 2.45) is 0 Å². The minimum absolute atomic E-state index is 0.131. The van der Waals surface area contributed by atoms with Crippen molar-refractivity contribution >= 4 is 11.6 Å². The Morgan fingerprint density at radius 3 is 3.00 bits per heavy atom. The highest BCUT2D eigenvalue weighted by atomic mass is 16.6. The summed E-state index contributed by atoms with van der Waals surface area (Å²) in [5.41, 5.74) is 2.21. The van der Waals surface area contributed by atoms with Gasteiger partial charge in [-0.25, -0.2) is 0 Å². The summed E-state index contributed by atoms with van der Waals surface area (Å²) < 4.78 is 11.4. The Morgan fingerprint density at radius 2 is 2.25 bits per heavy atom. The zero-order valence-electron chi connectivity index (χ0n) is 14.7. The Morgan fingerprint density at radius 1 is 1.38 bits per heavy atom. The van der Waals surface area contributed by atoms with Crippen LogP contribution in [0.2, 0.25) is 0 Å². The fourth-order valence-electron chi connectivity index (χ4n) is 3.56. The second kappa shape index (κ2) is 7.53. The van der Waals surface area contributed by atoms with E-state index in [4.69, 9.17) is 9.47 Å². The van der Waals surface area contributed by atoms with Crippen LogP contribution in [0.3, 0.4) is 0 Å². The molecule has 0 aromatic heterocycles. The Bertz CT molecular complexity index is 567. The minimum Gasteiger partial charge on any atom is -0.378 e. The van der Waals surface area contributed by atoms with E-state index in [0.29, 0.717) is 19.6 Å². The molecule has 1 spiro atoms. The van der Waals surface area contributed by atoms with E-state index in [1.165, 1.54) is 11.3 Å². The van der Waals surface area contributed by atoms with Gasteiger partial charge in [0.1, 0.15) is 0 Å². The number of ether oxygens (including phenoxy) is 2. The lowest BCUT2D eigenvalue weighted by Crippen LogP contribution is -2.49. The van der Waals surface area contributed by atoms with Crippen LogP contribution in [0.4, 0.5) is 5.69 Å². The van der Waals surface area contributed by atoms with Crippen LogP contribution < -0.4 is 10.2 Å².